The van der Waals surface area contributed by atoms with E-state index in [1.54, 1.807) is 6.92 Å². The van der Waals surface area contributed by atoms with Gasteiger partial charge in [-0.25, -0.2) is 4.39 Å². The maximum Gasteiger partial charge on any atom is 0.105 e. The van der Waals surface area contributed by atoms with Crippen molar-refractivity contribution in [1.29, 1.82) is 0 Å². The van der Waals surface area contributed by atoms with E-state index in [4.69, 9.17) is 0 Å². The van der Waals surface area contributed by atoms with E-state index in [0.717, 1.165) is 19.4 Å². The van der Waals surface area contributed by atoms with Crippen LogP contribution in [0.1, 0.15) is 66.2 Å². The molecule has 0 spiro atoms. The fourth-order valence-electron chi connectivity index (χ4n) is 2.66. The van der Waals surface area contributed by atoms with Crippen LogP contribution in [0.3, 0.4) is 0 Å². The molecule has 0 aliphatic heterocycles. The Balaban J connectivity index is 4.31. The van der Waals surface area contributed by atoms with Gasteiger partial charge in [-0.2, -0.15) is 0 Å². The minimum Gasteiger partial charge on any atom is -0.393 e. The molecule has 0 fully saturated rings. The number of unbranched alkanes of at least 4 members (excludes halogenated alkanes) is 2. The Hall–Kier alpha value is -0.150. The van der Waals surface area contributed by atoms with Crippen molar-refractivity contribution in [3.8, 4) is 0 Å². The lowest BCUT2D eigenvalue weighted by atomic mass is 9.85. The predicted octanol–water partition coefficient (Wildman–Crippen LogP) is 4.27. The van der Waals surface area contributed by atoms with Crippen LogP contribution in [0.25, 0.3) is 0 Å². The number of rotatable bonds is 12. The van der Waals surface area contributed by atoms with E-state index in [2.05, 4.69) is 25.7 Å². The quantitative estimate of drug-likeness (QED) is 0.542. The van der Waals surface area contributed by atoms with Crippen molar-refractivity contribution in [2.75, 3.05) is 20.3 Å². The summed E-state index contributed by atoms with van der Waals surface area (Å²) in [6.45, 7) is 9.00. The topological polar surface area (TPSA) is 23.5 Å². The van der Waals surface area contributed by atoms with Crippen LogP contribution in [0, 0.1) is 11.8 Å². The summed E-state index contributed by atoms with van der Waals surface area (Å²) in [6, 6.07) is 0.00257. The highest BCUT2D eigenvalue weighted by molar-refractivity contribution is 4.75. The molecule has 0 radical (unpaired) electrons. The molecule has 0 aromatic rings. The largest absolute Gasteiger partial charge is 0.393 e. The molecular weight excluding hydrogens is 253 g/mol. The average Bonchev–Trinajstić information content (AvgIpc) is 2.39. The predicted molar refractivity (Wildman–Crippen MR) is 85.8 cm³/mol. The summed E-state index contributed by atoms with van der Waals surface area (Å²) in [4.78, 5) is 2.09. The zero-order valence-corrected chi connectivity index (χ0v) is 14.2. The SMILES string of the molecule is CCCCC[C@@H](CC(CF)N(C)CCC(C)O)C(C)C. The molecule has 1 N–H and O–H groups in total. The summed E-state index contributed by atoms with van der Waals surface area (Å²) in [5.74, 6) is 1.22. The molecule has 0 aliphatic rings. The van der Waals surface area contributed by atoms with Gasteiger partial charge in [-0.3, -0.25) is 0 Å². The summed E-state index contributed by atoms with van der Waals surface area (Å²) in [7, 11) is 1.98. The molecule has 0 heterocycles. The van der Waals surface area contributed by atoms with Gasteiger partial charge in [0.2, 0.25) is 0 Å². The van der Waals surface area contributed by atoms with Crippen LogP contribution < -0.4 is 0 Å². The highest BCUT2D eigenvalue weighted by Gasteiger charge is 2.22. The van der Waals surface area contributed by atoms with Gasteiger partial charge < -0.3 is 10.0 Å². The molecule has 0 aromatic heterocycles. The fraction of sp³-hybridized carbons (Fsp3) is 1.00. The van der Waals surface area contributed by atoms with E-state index in [1.165, 1.54) is 25.7 Å². The van der Waals surface area contributed by atoms with Crippen LogP contribution in [-0.4, -0.2) is 42.4 Å². The Morgan fingerprint density at radius 2 is 1.75 bits per heavy atom. The monoisotopic (exact) mass is 289 g/mol. The van der Waals surface area contributed by atoms with Crippen LogP contribution in [0.5, 0.6) is 0 Å². The van der Waals surface area contributed by atoms with Crippen LogP contribution in [0.4, 0.5) is 4.39 Å². The van der Waals surface area contributed by atoms with Gasteiger partial charge >= 0.3 is 0 Å². The standard InChI is InChI=1S/C17H36FNO/c1-6-7-8-9-16(14(2)3)12-17(13-18)19(5)11-10-15(4)20/h14-17,20H,6-13H2,1-5H3/t15?,16-,17?/m0/s1. The number of nitrogens with zero attached hydrogens (tertiary/aromatic N) is 1. The first-order valence-electron chi connectivity index (χ1n) is 8.36. The van der Waals surface area contributed by atoms with Gasteiger partial charge in [0.25, 0.3) is 0 Å². The Bertz CT molecular complexity index is 221. The highest BCUT2D eigenvalue weighted by Crippen LogP contribution is 2.25. The third-order valence-electron chi connectivity index (χ3n) is 4.40. The van der Waals surface area contributed by atoms with Gasteiger partial charge in [-0.1, -0.05) is 46.5 Å². The molecule has 0 saturated heterocycles. The first kappa shape index (κ1) is 19.9. The van der Waals surface area contributed by atoms with Gasteiger partial charge in [-0.05, 0) is 38.6 Å². The van der Waals surface area contributed by atoms with Crippen molar-refractivity contribution in [1.82, 2.24) is 4.90 Å². The molecule has 122 valence electrons. The molecule has 3 heteroatoms. The third-order valence-corrected chi connectivity index (χ3v) is 4.40. The Morgan fingerprint density at radius 1 is 1.10 bits per heavy atom. The van der Waals surface area contributed by atoms with E-state index >= 15 is 0 Å². The lowest BCUT2D eigenvalue weighted by Gasteiger charge is -2.31. The number of hydrogen-bond donors (Lipinski definition) is 1. The van der Waals surface area contributed by atoms with E-state index in [9.17, 15) is 9.50 Å². The molecule has 0 rings (SSSR count). The molecule has 2 unspecified atom stereocenters. The third kappa shape index (κ3) is 8.91. The maximum atomic E-state index is 13.3. The number of alkyl halides is 1. The van der Waals surface area contributed by atoms with Crippen LogP contribution in [-0.2, 0) is 0 Å². The summed E-state index contributed by atoms with van der Waals surface area (Å²) in [5.41, 5.74) is 0. The minimum atomic E-state index is -0.303. The molecule has 0 aromatic carbocycles. The second-order valence-corrected chi connectivity index (χ2v) is 6.66. The molecule has 2 nitrogen and oxygen atoms in total. The molecule has 3 atom stereocenters. The van der Waals surface area contributed by atoms with Crippen molar-refractivity contribution in [2.45, 2.75) is 78.4 Å². The zero-order chi connectivity index (χ0) is 15.5. The number of aliphatic hydroxyl groups excluding tert-OH is 1. The van der Waals surface area contributed by atoms with Gasteiger partial charge in [-0.15, -0.1) is 0 Å². The molecule has 0 amide bonds. The van der Waals surface area contributed by atoms with E-state index in [-0.39, 0.29) is 18.8 Å². The number of aliphatic hydroxyl groups is 1. The molecule has 20 heavy (non-hydrogen) atoms. The first-order valence-corrected chi connectivity index (χ1v) is 8.36. The summed E-state index contributed by atoms with van der Waals surface area (Å²) in [5, 5.41) is 9.35. The van der Waals surface area contributed by atoms with Crippen molar-refractivity contribution in [3.05, 3.63) is 0 Å². The van der Waals surface area contributed by atoms with Crippen LogP contribution in [0.2, 0.25) is 0 Å². The lowest BCUT2D eigenvalue weighted by molar-refractivity contribution is 0.120. The number of halogens is 1. The van der Waals surface area contributed by atoms with Crippen LogP contribution in [0.15, 0.2) is 0 Å². The Labute approximate surface area is 125 Å². The van der Waals surface area contributed by atoms with Crippen molar-refractivity contribution in [3.63, 3.8) is 0 Å². The molecule has 0 aliphatic carbocycles. The van der Waals surface area contributed by atoms with E-state index in [1.807, 2.05) is 7.05 Å². The molecular formula is C17H36FNO. The van der Waals surface area contributed by atoms with Crippen molar-refractivity contribution >= 4 is 0 Å². The fourth-order valence-corrected chi connectivity index (χ4v) is 2.66. The van der Waals surface area contributed by atoms with E-state index < -0.39 is 0 Å². The highest BCUT2D eigenvalue weighted by atomic mass is 19.1. The van der Waals surface area contributed by atoms with Gasteiger partial charge in [0.15, 0.2) is 0 Å². The van der Waals surface area contributed by atoms with Crippen molar-refractivity contribution in [2.24, 2.45) is 11.8 Å². The zero-order valence-electron chi connectivity index (χ0n) is 14.2. The van der Waals surface area contributed by atoms with Crippen molar-refractivity contribution < 1.29 is 9.50 Å². The van der Waals surface area contributed by atoms with Crippen LogP contribution >= 0.6 is 0 Å². The smallest absolute Gasteiger partial charge is 0.105 e. The molecule has 0 saturated carbocycles. The lowest BCUT2D eigenvalue weighted by Crippen LogP contribution is -2.37. The van der Waals surface area contributed by atoms with E-state index in [0.29, 0.717) is 11.8 Å². The second kappa shape index (κ2) is 11.5. The summed E-state index contributed by atoms with van der Waals surface area (Å²) >= 11 is 0. The number of hydrogen-bond acceptors (Lipinski definition) is 2. The second-order valence-electron chi connectivity index (χ2n) is 6.66. The molecule has 0 bridgehead atoms. The normalized spacial score (nSPS) is 16.6. The average molecular weight is 289 g/mol. The van der Waals surface area contributed by atoms with Gasteiger partial charge in [0.1, 0.15) is 6.67 Å². The Morgan fingerprint density at radius 3 is 2.20 bits per heavy atom. The first-order chi connectivity index (χ1) is 9.42. The minimum absolute atomic E-state index is 0.00257. The van der Waals surface area contributed by atoms with Gasteiger partial charge in [0, 0.05) is 12.6 Å². The van der Waals surface area contributed by atoms with Gasteiger partial charge in [0.05, 0.1) is 6.10 Å². The maximum absolute atomic E-state index is 13.3. The summed E-state index contributed by atoms with van der Waals surface area (Å²) < 4.78 is 13.3. The summed E-state index contributed by atoms with van der Waals surface area (Å²) in [6.07, 6.45) is 6.35. The Kier molecular flexibility index (Phi) is 11.4.